The van der Waals surface area contributed by atoms with Crippen LogP contribution in [0.25, 0.3) is 10.9 Å². The molecule has 2 N–H and O–H groups in total. The van der Waals surface area contributed by atoms with E-state index in [1.807, 2.05) is 24.3 Å². The van der Waals surface area contributed by atoms with Crippen LogP contribution in [-0.4, -0.2) is 34.2 Å². The Kier molecular flexibility index (Phi) is 4.75. The SMILES string of the molecule is O=C(NCc1cc2ccccc2[nH]1)C1CCN(c2ccc(Cl)nn2)CC1. The van der Waals surface area contributed by atoms with Crippen molar-refractivity contribution in [1.29, 1.82) is 0 Å². The van der Waals surface area contributed by atoms with Gasteiger partial charge in [-0.25, -0.2) is 0 Å². The minimum absolute atomic E-state index is 0.0379. The highest BCUT2D eigenvalue weighted by Gasteiger charge is 2.25. The van der Waals surface area contributed by atoms with Crippen LogP contribution in [0.3, 0.4) is 0 Å². The minimum Gasteiger partial charge on any atom is -0.357 e. The van der Waals surface area contributed by atoms with Gasteiger partial charge in [-0.2, -0.15) is 0 Å². The monoisotopic (exact) mass is 369 g/mol. The molecule has 2 aromatic heterocycles. The number of fused-ring (bicyclic) bond motifs is 1. The largest absolute Gasteiger partial charge is 0.357 e. The van der Waals surface area contributed by atoms with Gasteiger partial charge in [-0.05, 0) is 42.5 Å². The van der Waals surface area contributed by atoms with Gasteiger partial charge in [-0.15, -0.1) is 10.2 Å². The predicted octanol–water partition coefficient (Wildman–Crippen LogP) is 3.14. The zero-order chi connectivity index (χ0) is 17.9. The maximum absolute atomic E-state index is 12.5. The first kappa shape index (κ1) is 16.8. The zero-order valence-electron chi connectivity index (χ0n) is 14.3. The van der Waals surface area contributed by atoms with Gasteiger partial charge in [0.2, 0.25) is 5.91 Å². The van der Waals surface area contributed by atoms with E-state index in [-0.39, 0.29) is 11.8 Å². The average Bonchev–Trinajstić information content (AvgIpc) is 3.10. The number of nitrogens with one attached hydrogen (secondary N) is 2. The van der Waals surface area contributed by atoms with E-state index in [4.69, 9.17) is 11.6 Å². The maximum Gasteiger partial charge on any atom is 0.223 e. The summed E-state index contributed by atoms with van der Waals surface area (Å²) in [6, 6.07) is 13.8. The highest BCUT2D eigenvalue weighted by Crippen LogP contribution is 2.22. The van der Waals surface area contributed by atoms with E-state index in [0.29, 0.717) is 11.7 Å². The van der Waals surface area contributed by atoms with Gasteiger partial charge in [0, 0.05) is 30.2 Å². The van der Waals surface area contributed by atoms with Gasteiger partial charge in [0.1, 0.15) is 0 Å². The third kappa shape index (κ3) is 3.65. The second-order valence-electron chi connectivity index (χ2n) is 6.58. The summed E-state index contributed by atoms with van der Waals surface area (Å²) in [4.78, 5) is 18.0. The summed E-state index contributed by atoms with van der Waals surface area (Å²) >= 11 is 5.78. The van der Waals surface area contributed by atoms with Crippen LogP contribution < -0.4 is 10.2 Å². The fraction of sp³-hybridized carbons (Fsp3) is 0.316. The molecule has 1 aromatic carbocycles. The molecule has 3 heterocycles. The lowest BCUT2D eigenvalue weighted by Gasteiger charge is -2.31. The van der Waals surface area contributed by atoms with Crippen molar-refractivity contribution < 1.29 is 4.79 Å². The fourth-order valence-corrected chi connectivity index (χ4v) is 3.50. The first-order valence-electron chi connectivity index (χ1n) is 8.77. The van der Waals surface area contributed by atoms with Crippen LogP contribution in [0.2, 0.25) is 5.15 Å². The molecule has 3 aromatic rings. The van der Waals surface area contributed by atoms with Crippen LogP contribution in [0, 0.1) is 5.92 Å². The van der Waals surface area contributed by atoms with Crippen LogP contribution in [-0.2, 0) is 11.3 Å². The van der Waals surface area contributed by atoms with E-state index >= 15 is 0 Å². The molecule has 0 aliphatic carbocycles. The Morgan fingerprint density at radius 3 is 2.73 bits per heavy atom. The highest BCUT2D eigenvalue weighted by atomic mass is 35.5. The second-order valence-corrected chi connectivity index (χ2v) is 6.96. The number of nitrogens with zero attached hydrogens (tertiary/aromatic N) is 3. The zero-order valence-corrected chi connectivity index (χ0v) is 15.0. The summed E-state index contributed by atoms with van der Waals surface area (Å²) in [6.45, 7) is 2.11. The number of H-pyrrole nitrogens is 1. The molecule has 7 heteroatoms. The first-order valence-corrected chi connectivity index (χ1v) is 9.15. The molecule has 0 saturated carbocycles. The van der Waals surface area contributed by atoms with Crippen molar-refractivity contribution in [2.24, 2.45) is 5.92 Å². The number of hydrogen-bond donors (Lipinski definition) is 2. The number of hydrogen-bond acceptors (Lipinski definition) is 4. The Morgan fingerprint density at radius 1 is 1.19 bits per heavy atom. The molecule has 1 saturated heterocycles. The number of carbonyl (C=O) groups is 1. The third-order valence-corrected chi connectivity index (χ3v) is 5.05. The second kappa shape index (κ2) is 7.33. The van der Waals surface area contributed by atoms with Gasteiger partial charge in [0.25, 0.3) is 0 Å². The molecule has 0 radical (unpaired) electrons. The Balaban J connectivity index is 1.30. The van der Waals surface area contributed by atoms with Crippen molar-refractivity contribution in [3.05, 3.63) is 53.3 Å². The van der Waals surface area contributed by atoms with Crippen LogP contribution in [0.5, 0.6) is 0 Å². The minimum atomic E-state index is 0.0379. The summed E-state index contributed by atoms with van der Waals surface area (Å²) in [5, 5.41) is 12.6. The Hall–Kier alpha value is -2.60. The van der Waals surface area contributed by atoms with Gasteiger partial charge in [-0.1, -0.05) is 29.8 Å². The smallest absolute Gasteiger partial charge is 0.223 e. The Labute approximate surface area is 156 Å². The van der Waals surface area contributed by atoms with Crippen LogP contribution in [0.4, 0.5) is 5.82 Å². The summed E-state index contributed by atoms with van der Waals surface area (Å²) in [5.74, 6) is 0.965. The standard InChI is InChI=1S/C19H20ClN5O/c20-17-5-6-18(24-23-17)25-9-7-13(8-10-25)19(26)21-12-15-11-14-3-1-2-4-16(14)22-15/h1-6,11,13,22H,7-10,12H2,(H,21,26). The molecule has 1 aliphatic rings. The molecule has 0 spiro atoms. The highest BCUT2D eigenvalue weighted by molar-refractivity contribution is 6.29. The third-order valence-electron chi connectivity index (χ3n) is 4.85. The van der Waals surface area contributed by atoms with E-state index in [9.17, 15) is 4.79 Å². The van der Waals surface area contributed by atoms with Crippen molar-refractivity contribution in [2.75, 3.05) is 18.0 Å². The number of amides is 1. The molecule has 1 fully saturated rings. The quantitative estimate of drug-likeness (QED) is 0.741. The van der Waals surface area contributed by atoms with Gasteiger partial charge in [0.15, 0.2) is 11.0 Å². The number of para-hydroxylation sites is 1. The van der Waals surface area contributed by atoms with E-state index in [0.717, 1.165) is 48.3 Å². The Morgan fingerprint density at radius 2 is 2.00 bits per heavy atom. The number of aromatic nitrogens is 3. The van der Waals surface area contributed by atoms with Crippen molar-refractivity contribution >= 4 is 34.2 Å². The van der Waals surface area contributed by atoms with Gasteiger partial charge >= 0.3 is 0 Å². The van der Waals surface area contributed by atoms with E-state index in [1.165, 1.54) is 0 Å². The van der Waals surface area contributed by atoms with Crippen molar-refractivity contribution in [1.82, 2.24) is 20.5 Å². The van der Waals surface area contributed by atoms with E-state index in [1.54, 1.807) is 6.07 Å². The average molecular weight is 370 g/mol. The summed E-state index contributed by atoms with van der Waals surface area (Å²) < 4.78 is 0. The lowest BCUT2D eigenvalue weighted by molar-refractivity contribution is -0.125. The number of anilines is 1. The molecular formula is C19H20ClN5O. The lowest BCUT2D eigenvalue weighted by atomic mass is 9.96. The summed E-state index contributed by atoms with van der Waals surface area (Å²) in [6.07, 6.45) is 1.62. The van der Waals surface area contributed by atoms with Crippen LogP contribution in [0.15, 0.2) is 42.5 Å². The molecular weight excluding hydrogens is 350 g/mol. The number of benzene rings is 1. The summed E-state index contributed by atoms with van der Waals surface area (Å²) in [7, 11) is 0. The van der Waals surface area contributed by atoms with Crippen LogP contribution >= 0.6 is 11.6 Å². The van der Waals surface area contributed by atoms with Crippen molar-refractivity contribution in [3.63, 3.8) is 0 Å². The molecule has 134 valence electrons. The molecule has 4 rings (SSSR count). The van der Waals surface area contributed by atoms with Gasteiger partial charge < -0.3 is 15.2 Å². The number of piperidine rings is 1. The summed E-state index contributed by atoms with van der Waals surface area (Å²) in [5.41, 5.74) is 2.11. The number of halogens is 1. The lowest BCUT2D eigenvalue weighted by Crippen LogP contribution is -2.40. The molecule has 0 atom stereocenters. The molecule has 0 bridgehead atoms. The maximum atomic E-state index is 12.5. The fourth-order valence-electron chi connectivity index (χ4n) is 3.40. The number of aromatic amines is 1. The molecule has 26 heavy (non-hydrogen) atoms. The van der Waals surface area contributed by atoms with Gasteiger partial charge in [-0.3, -0.25) is 4.79 Å². The van der Waals surface area contributed by atoms with Gasteiger partial charge in [0.05, 0.1) is 6.54 Å². The predicted molar refractivity (Wildman–Crippen MR) is 102 cm³/mol. The van der Waals surface area contributed by atoms with Crippen molar-refractivity contribution in [3.8, 4) is 0 Å². The van der Waals surface area contributed by atoms with E-state index < -0.39 is 0 Å². The van der Waals surface area contributed by atoms with E-state index in [2.05, 4.69) is 37.5 Å². The normalized spacial score (nSPS) is 15.3. The molecule has 6 nitrogen and oxygen atoms in total. The molecule has 0 unspecified atom stereocenters. The Bertz CT molecular complexity index is 867. The number of rotatable bonds is 4. The van der Waals surface area contributed by atoms with Crippen molar-refractivity contribution in [2.45, 2.75) is 19.4 Å². The molecule has 1 aliphatic heterocycles. The first-order chi connectivity index (χ1) is 12.7. The van der Waals surface area contributed by atoms with Crippen LogP contribution in [0.1, 0.15) is 18.5 Å². The number of carbonyl (C=O) groups excluding carboxylic acids is 1. The topological polar surface area (TPSA) is 73.9 Å². The molecule has 1 amide bonds.